The Hall–Kier alpha value is -1.73. The lowest BCUT2D eigenvalue weighted by atomic mass is 10.1. The molecule has 5 nitrogen and oxygen atoms in total. The lowest BCUT2D eigenvalue weighted by Gasteiger charge is -2.06. The quantitative estimate of drug-likeness (QED) is 0.915. The molecule has 0 saturated carbocycles. The minimum absolute atomic E-state index is 0.0473. The zero-order valence-electron chi connectivity index (χ0n) is 11.2. The van der Waals surface area contributed by atoms with Crippen molar-refractivity contribution in [1.29, 1.82) is 0 Å². The normalized spacial score (nSPS) is 11.8. The minimum Gasteiger partial charge on any atom is -0.360 e. The summed E-state index contributed by atoms with van der Waals surface area (Å²) in [5.41, 5.74) is 0.773. The van der Waals surface area contributed by atoms with Crippen LogP contribution in [0, 0.1) is 19.7 Å². The van der Waals surface area contributed by atoms with Crippen molar-refractivity contribution in [2.24, 2.45) is 0 Å². The smallest absolute Gasteiger partial charge is 0.245 e. The summed E-state index contributed by atoms with van der Waals surface area (Å²) in [6.07, 6.45) is 0.273. The number of nitrogens with one attached hydrogen (secondary N) is 1. The highest BCUT2D eigenvalue weighted by atomic mass is 32.2. The Bertz CT molecular complexity index is 691. The molecule has 108 valence electrons. The van der Waals surface area contributed by atoms with E-state index in [2.05, 4.69) is 9.88 Å². The van der Waals surface area contributed by atoms with Crippen LogP contribution in [0.15, 0.2) is 33.7 Å². The second-order valence-electron chi connectivity index (χ2n) is 4.39. The summed E-state index contributed by atoms with van der Waals surface area (Å²) in [6, 6.07) is 6.27. The van der Waals surface area contributed by atoms with Gasteiger partial charge in [-0.25, -0.2) is 17.5 Å². The van der Waals surface area contributed by atoms with E-state index < -0.39 is 10.0 Å². The van der Waals surface area contributed by atoms with Crippen molar-refractivity contribution in [2.75, 3.05) is 6.54 Å². The topological polar surface area (TPSA) is 72.2 Å². The molecule has 0 saturated heterocycles. The fraction of sp³-hybridized carbons (Fsp3) is 0.308. The Kier molecular flexibility index (Phi) is 4.20. The number of benzene rings is 1. The molecule has 0 aliphatic carbocycles. The maximum atomic E-state index is 13.4. The molecule has 0 amide bonds. The monoisotopic (exact) mass is 298 g/mol. The van der Waals surface area contributed by atoms with Gasteiger partial charge in [0, 0.05) is 6.54 Å². The Morgan fingerprint density at radius 3 is 2.60 bits per heavy atom. The number of aryl methyl sites for hydroxylation is 2. The molecule has 0 atom stereocenters. The summed E-state index contributed by atoms with van der Waals surface area (Å²) in [5, 5.41) is 3.61. The Labute approximate surface area is 116 Å². The summed E-state index contributed by atoms with van der Waals surface area (Å²) in [5.74, 6) is -0.107. The number of halogens is 1. The highest BCUT2D eigenvalue weighted by molar-refractivity contribution is 7.89. The van der Waals surface area contributed by atoms with Crippen LogP contribution in [0.4, 0.5) is 4.39 Å². The van der Waals surface area contributed by atoms with Gasteiger partial charge in [0.1, 0.15) is 16.4 Å². The number of hydrogen-bond acceptors (Lipinski definition) is 4. The summed E-state index contributed by atoms with van der Waals surface area (Å²) < 4.78 is 44.9. The second-order valence-corrected chi connectivity index (χ2v) is 6.10. The van der Waals surface area contributed by atoms with E-state index in [1.54, 1.807) is 25.1 Å². The van der Waals surface area contributed by atoms with Crippen molar-refractivity contribution in [3.05, 3.63) is 47.1 Å². The average Bonchev–Trinajstić information content (AvgIpc) is 2.72. The number of aromatic nitrogens is 1. The van der Waals surface area contributed by atoms with Crippen LogP contribution >= 0.6 is 0 Å². The molecule has 0 radical (unpaired) electrons. The third-order valence-electron chi connectivity index (χ3n) is 2.88. The van der Waals surface area contributed by atoms with Crippen LogP contribution in [0.3, 0.4) is 0 Å². The Balaban J connectivity index is 2.06. The highest BCUT2D eigenvalue weighted by Gasteiger charge is 2.23. The van der Waals surface area contributed by atoms with E-state index >= 15 is 0 Å². The van der Waals surface area contributed by atoms with Gasteiger partial charge in [0.15, 0.2) is 5.76 Å². The van der Waals surface area contributed by atoms with E-state index in [1.165, 1.54) is 13.0 Å². The van der Waals surface area contributed by atoms with Gasteiger partial charge in [-0.2, -0.15) is 0 Å². The van der Waals surface area contributed by atoms with Crippen LogP contribution in [0.2, 0.25) is 0 Å². The molecule has 0 fully saturated rings. The summed E-state index contributed by atoms with van der Waals surface area (Å²) in [7, 11) is -3.69. The zero-order valence-corrected chi connectivity index (χ0v) is 12.0. The molecular weight excluding hydrogens is 283 g/mol. The van der Waals surface area contributed by atoms with Crippen LogP contribution < -0.4 is 4.72 Å². The van der Waals surface area contributed by atoms with Crippen LogP contribution in [0.1, 0.15) is 17.0 Å². The van der Waals surface area contributed by atoms with Gasteiger partial charge in [0.05, 0.1) is 0 Å². The summed E-state index contributed by atoms with van der Waals surface area (Å²) in [6.45, 7) is 3.20. The molecule has 0 bridgehead atoms. The predicted octanol–water partition coefficient (Wildman–Crippen LogP) is 1.95. The van der Waals surface area contributed by atoms with Gasteiger partial charge in [-0.05, 0) is 31.9 Å². The van der Waals surface area contributed by atoms with E-state index in [4.69, 9.17) is 4.52 Å². The van der Waals surface area contributed by atoms with Gasteiger partial charge in [-0.1, -0.05) is 23.4 Å². The van der Waals surface area contributed by atoms with Crippen LogP contribution in [-0.4, -0.2) is 20.1 Å². The molecule has 1 aromatic carbocycles. The first-order chi connectivity index (χ1) is 9.42. The first-order valence-electron chi connectivity index (χ1n) is 6.08. The number of rotatable bonds is 5. The molecule has 0 aliphatic rings. The Morgan fingerprint density at radius 2 is 2.00 bits per heavy atom. The summed E-state index contributed by atoms with van der Waals surface area (Å²) in [4.78, 5) is 0.0473. The van der Waals surface area contributed by atoms with Gasteiger partial charge >= 0.3 is 0 Å². The Morgan fingerprint density at radius 1 is 1.30 bits per heavy atom. The third kappa shape index (κ3) is 3.05. The third-order valence-corrected chi connectivity index (χ3v) is 4.59. The zero-order chi connectivity index (χ0) is 14.8. The largest absolute Gasteiger partial charge is 0.360 e. The molecule has 2 aromatic rings. The van der Waals surface area contributed by atoms with Crippen molar-refractivity contribution in [3.8, 4) is 0 Å². The molecular formula is C13H15FN2O3S. The fourth-order valence-corrected chi connectivity index (χ4v) is 3.31. The van der Waals surface area contributed by atoms with Crippen LogP contribution in [0.25, 0.3) is 0 Å². The van der Waals surface area contributed by atoms with Gasteiger partial charge in [-0.3, -0.25) is 0 Å². The summed E-state index contributed by atoms with van der Waals surface area (Å²) >= 11 is 0. The van der Waals surface area contributed by atoms with Gasteiger partial charge in [0.25, 0.3) is 0 Å². The van der Waals surface area contributed by atoms with Crippen molar-refractivity contribution >= 4 is 10.0 Å². The minimum atomic E-state index is -3.69. The van der Waals surface area contributed by atoms with Gasteiger partial charge in [0.2, 0.25) is 10.0 Å². The molecule has 0 unspecified atom stereocenters. The average molecular weight is 298 g/mol. The fourth-order valence-electron chi connectivity index (χ4n) is 1.95. The standard InChI is InChI=1S/C13H15FN2O3S/c1-9-13(10(2)19-16-9)20(17,18)15-8-7-11-5-3-4-6-12(11)14/h3-6,15H,7-8H2,1-2H3. The predicted molar refractivity (Wildman–Crippen MR) is 71.3 cm³/mol. The second kappa shape index (κ2) is 5.72. The van der Waals surface area contributed by atoms with E-state index in [0.717, 1.165) is 0 Å². The van der Waals surface area contributed by atoms with Crippen LogP contribution in [-0.2, 0) is 16.4 Å². The van der Waals surface area contributed by atoms with Gasteiger partial charge in [-0.15, -0.1) is 0 Å². The van der Waals surface area contributed by atoms with Crippen molar-refractivity contribution in [2.45, 2.75) is 25.2 Å². The maximum absolute atomic E-state index is 13.4. The first kappa shape index (κ1) is 14.7. The van der Waals surface area contributed by atoms with Crippen molar-refractivity contribution in [3.63, 3.8) is 0 Å². The lowest BCUT2D eigenvalue weighted by molar-refractivity contribution is 0.390. The molecule has 20 heavy (non-hydrogen) atoms. The first-order valence-corrected chi connectivity index (χ1v) is 7.56. The van der Waals surface area contributed by atoms with E-state index in [9.17, 15) is 12.8 Å². The van der Waals surface area contributed by atoms with Crippen molar-refractivity contribution < 1.29 is 17.3 Å². The molecule has 1 N–H and O–H groups in total. The number of nitrogens with zero attached hydrogens (tertiary/aromatic N) is 1. The molecule has 1 heterocycles. The molecule has 7 heteroatoms. The maximum Gasteiger partial charge on any atom is 0.245 e. The van der Waals surface area contributed by atoms with E-state index in [1.807, 2.05) is 0 Å². The van der Waals surface area contributed by atoms with Crippen LogP contribution in [0.5, 0.6) is 0 Å². The molecule has 1 aromatic heterocycles. The van der Waals surface area contributed by atoms with E-state index in [-0.39, 0.29) is 29.4 Å². The number of hydrogen-bond donors (Lipinski definition) is 1. The molecule has 2 rings (SSSR count). The number of sulfonamides is 1. The van der Waals surface area contributed by atoms with E-state index in [0.29, 0.717) is 11.3 Å². The molecule has 0 spiro atoms. The lowest BCUT2D eigenvalue weighted by Crippen LogP contribution is -2.27. The molecule has 0 aliphatic heterocycles. The SMILES string of the molecule is Cc1noc(C)c1S(=O)(=O)NCCc1ccccc1F. The van der Waals surface area contributed by atoms with Crippen molar-refractivity contribution in [1.82, 2.24) is 9.88 Å². The van der Waals surface area contributed by atoms with Gasteiger partial charge < -0.3 is 4.52 Å². The highest BCUT2D eigenvalue weighted by Crippen LogP contribution is 2.18.